The van der Waals surface area contributed by atoms with Crippen LogP contribution in [0.25, 0.3) is 11.3 Å². The van der Waals surface area contributed by atoms with Crippen molar-refractivity contribution in [1.82, 2.24) is 20.1 Å². The van der Waals surface area contributed by atoms with Gasteiger partial charge in [-0.2, -0.15) is 5.10 Å². The van der Waals surface area contributed by atoms with Gasteiger partial charge in [-0.25, -0.2) is 9.37 Å². The summed E-state index contributed by atoms with van der Waals surface area (Å²) in [5.74, 6) is 0.290. The Morgan fingerprint density at radius 3 is 2.88 bits per heavy atom. The lowest BCUT2D eigenvalue weighted by atomic mass is 10.1. The number of aromatic amines is 1. The molecule has 0 aliphatic carbocycles. The molecule has 6 nitrogen and oxygen atoms in total. The van der Waals surface area contributed by atoms with Gasteiger partial charge in [0.25, 0.3) is 5.91 Å². The van der Waals surface area contributed by atoms with E-state index in [0.29, 0.717) is 30.2 Å². The summed E-state index contributed by atoms with van der Waals surface area (Å²) in [6.45, 7) is 0.968. The van der Waals surface area contributed by atoms with Gasteiger partial charge in [0.2, 0.25) is 0 Å². The van der Waals surface area contributed by atoms with E-state index in [4.69, 9.17) is 4.74 Å². The molecule has 4 aromatic rings. The van der Waals surface area contributed by atoms with Crippen LogP contribution < -0.4 is 4.74 Å². The van der Waals surface area contributed by atoms with Crippen molar-refractivity contribution in [2.24, 2.45) is 0 Å². The second-order valence-corrected chi connectivity index (χ2v) is 8.13. The average Bonchev–Trinajstić information content (AvgIpc) is 3.50. The van der Waals surface area contributed by atoms with Crippen molar-refractivity contribution < 1.29 is 13.9 Å². The number of nitrogens with one attached hydrogen (secondary N) is 1. The van der Waals surface area contributed by atoms with Gasteiger partial charge in [-0.3, -0.25) is 9.89 Å². The number of H-pyrrole nitrogens is 1. The lowest BCUT2D eigenvalue weighted by Crippen LogP contribution is -2.28. The SMILES string of the molecule is CN(CCCc1cc(-c2cccc(F)c2)n[nH]1)C(=O)c1cccc(OCc2cscn2)c1. The fourth-order valence-electron chi connectivity index (χ4n) is 3.30. The lowest BCUT2D eigenvalue weighted by Gasteiger charge is -2.17. The first kappa shape index (κ1) is 21.7. The van der Waals surface area contributed by atoms with Gasteiger partial charge in [0, 0.05) is 35.8 Å². The van der Waals surface area contributed by atoms with Crippen LogP contribution in [-0.2, 0) is 13.0 Å². The Labute approximate surface area is 189 Å². The summed E-state index contributed by atoms with van der Waals surface area (Å²) in [7, 11) is 1.79. The second kappa shape index (κ2) is 10.2. The van der Waals surface area contributed by atoms with E-state index in [9.17, 15) is 9.18 Å². The number of amides is 1. The summed E-state index contributed by atoms with van der Waals surface area (Å²) in [6, 6.07) is 15.5. The van der Waals surface area contributed by atoms with E-state index in [1.54, 1.807) is 35.7 Å². The molecule has 2 aromatic carbocycles. The minimum Gasteiger partial charge on any atom is -0.487 e. The van der Waals surface area contributed by atoms with Crippen molar-refractivity contribution in [3.8, 4) is 17.0 Å². The molecule has 1 amide bonds. The largest absolute Gasteiger partial charge is 0.487 e. The Bertz CT molecular complexity index is 1180. The van der Waals surface area contributed by atoms with Crippen molar-refractivity contribution in [2.75, 3.05) is 13.6 Å². The van der Waals surface area contributed by atoms with E-state index in [1.807, 2.05) is 29.6 Å². The van der Waals surface area contributed by atoms with Gasteiger partial charge in [-0.1, -0.05) is 18.2 Å². The van der Waals surface area contributed by atoms with Crippen molar-refractivity contribution in [2.45, 2.75) is 19.4 Å². The Morgan fingerprint density at radius 2 is 2.06 bits per heavy atom. The first-order chi connectivity index (χ1) is 15.6. The molecule has 8 heteroatoms. The number of benzene rings is 2. The van der Waals surface area contributed by atoms with E-state index in [0.717, 1.165) is 29.8 Å². The van der Waals surface area contributed by atoms with Crippen LogP contribution in [0.4, 0.5) is 4.39 Å². The minimum absolute atomic E-state index is 0.0610. The smallest absolute Gasteiger partial charge is 0.253 e. The van der Waals surface area contributed by atoms with E-state index in [1.165, 1.54) is 23.5 Å². The number of hydrogen-bond acceptors (Lipinski definition) is 5. The molecule has 4 rings (SSSR count). The zero-order valence-corrected chi connectivity index (χ0v) is 18.4. The number of hydrogen-bond donors (Lipinski definition) is 1. The number of aryl methyl sites for hydroxylation is 1. The van der Waals surface area contributed by atoms with Crippen LogP contribution in [0.2, 0.25) is 0 Å². The van der Waals surface area contributed by atoms with Gasteiger partial charge in [0.15, 0.2) is 0 Å². The number of thiazole rings is 1. The van der Waals surface area contributed by atoms with Gasteiger partial charge < -0.3 is 9.64 Å². The molecule has 0 radical (unpaired) electrons. The molecule has 0 aliphatic rings. The highest BCUT2D eigenvalue weighted by molar-refractivity contribution is 7.07. The standard InChI is InChI=1S/C24H23FN4O2S/c1-29(10-4-8-20-13-23(28-27-20)17-5-2-7-19(25)11-17)24(30)18-6-3-9-22(12-18)31-14-21-15-32-16-26-21/h2-3,5-7,9,11-13,15-16H,4,8,10,14H2,1H3,(H,27,28). The fourth-order valence-corrected chi connectivity index (χ4v) is 3.84. The van der Waals surface area contributed by atoms with Crippen LogP contribution in [0, 0.1) is 5.82 Å². The van der Waals surface area contributed by atoms with Gasteiger partial charge in [0.05, 0.1) is 16.9 Å². The van der Waals surface area contributed by atoms with E-state index >= 15 is 0 Å². The van der Waals surface area contributed by atoms with Crippen LogP contribution in [0.3, 0.4) is 0 Å². The highest BCUT2D eigenvalue weighted by Gasteiger charge is 2.13. The molecule has 1 N–H and O–H groups in total. The molecule has 0 atom stereocenters. The van der Waals surface area contributed by atoms with Crippen molar-refractivity contribution in [3.05, 3.63) is 88.3 Å². The third-order valence-electron chi connectivity index (χ3n) is 4.99. The number of nitrogens with zero attached hydrogens (tertiary/aromatic N) is 3. The third kappa shape index (κ3) is 5.59. The van der Waals surface area contributed by atoms with E-state index in [-0.39, 0.29) is 11.7 Å². The topological polar surface area (TPSA) is 71.1 Å². The zero-order valence-electron chi connectivity index (χ0n) is 17.6. The van der Waals surface area contributed by atoms with Crippen molar-refractivity contribution in [1.29, 1.82) is 0 Å². The molecule has 0 fully saturated rings. The van der Waals surface area contributed by atoms with Crippen LogP contribution >= 0.6 is 11.3 Å². The van der Waals surface area contributed by atoms with Gasteiger partial charge in [-0.15, -0.1) is 11.3 Å². The van der Waals surface area contributed by atoms with Crippen molar-refractivity contribution in [3.63, 3.8) is 0 Å². The summed E-state index contributed by atoms with van der Waals surface area (Å²) >= 11 is 1.52. The second-order valence-electron chi connectivity index (χ2n) is 7.42. The Balaban J connectivity index is 1.28. The normalized spacial score (nSPS) is 10.8. The van der Waals surface area contributed by atoms with Crippen LogP contribution in [0.5, 0.6) is 5.75 Å². The number of carbonyl (C=O) groups excluding carboxylic acids is 1. The first-order valence-corrected chi connectivity index (χ1v) is 11.2. The van der Waals surface area contributed by atoms with Gasteiger partial charge in [0.1, 0.15) is 18.2 Å². The Hall–Kier alpha value is -3.52. The average molecular weight is 451 g/mol. The number of carbonyl (C=O) groups is 1. The molecule has 164 valence electrons. The van der Waals surface area contributed by atoms with E-state index in [2.05, 4.69) is 15.2 Å². The first-order valence-electron chi connectivity index (χ1n) is 10.2. The molecular weight excluding hydrogens is 427 g/mol. The summed E-state index contributed by atoms with van der Waals surface area (Å²) in [5, 5.41) is 9.19. The summed E-state index contributed by atoms with van der Waals surface area (Å²) < 4.78 is 19.2. The van der Waals surface area contributed by atoms with Crippen molar-refractivity contribution >= 4 is 17.2 Å². The maximum absolute atomic E-state index is 13.4. The number of halogens is 1. The molecule has 32 heavy (non-hydrogen) atoms. The molecule has 0 unspecified atom stereocenters. The molecule has 0 saturated carbocycles. The Kier molecular flexibility index (Phi) is 6.91. The summed E-state index contributed by atoms with van der Waals surface area (Å²) in [4.78, 5) is 18.7. The number of aromatic nitrogens is 3. The lowest BCUT2D eigenvalue weighted by molar-refractivity contribution is 0.0793. The molecule has 0 spiro atoms. The Morgan fingerprint density at radius 1 is 1.19 bits per heavy atom. The molecule has 2 heterocycles. The molecule has 0 aliphatic heterocycles. The predicted molar refractivity (Wildman–Crippen MR) is 122 cm³/mol. The third-order valence-corrected chi connectivity index (χ3v) is 5.62. The monoisotopic (exact) mass is 450 g/mol. The molecular formula is C24H23FN4O2S. The van der Waals surface area contributed by atoms with Gasteiger partial charge >= 0.3 is 0 Å². The quantitative estimate of drug-likeness (QED) is 0.391. The number of rotatable bonds is 9. The maximum Gasteiger partial charge on any atom is 0.253 e. The highest BCUT2D eigenvalue weighted by Crippen LogP contribution is 2.20. The van der Waals surface area contributed by atoms with Gasteiger partial charge in [-0.05, 0) is 49.2 Å². The predicted octanol–water partition coefficient (Wildman–Crippen LogP) is 4.96. The summed E-state index contributed by atoms with van der Waals surface area (Å²) in [6.07, 6.45) is 1.50. The number of ether oxygens (including phenoxy) is 1. The van der Waals surface area contributed by atoms with Crippen LogP contribution in [0.15, 0.2) is 65.5 Å². The van der Waals surface area contributed by atoms with Crippen LogP contribution in [-0.4, -0.2) is 39.6 Å². The highest BCUT2D eigenvalue weighted by atomic mass is 32.1. The molecule has 0 saturated heterocycles. The van der Waals surface area contributed by atoms with E-state index < -0.39 is 0 Å². The zero-order chi connectivity index (χ0) is 22.3. The molecule has 0 bridgehead atoms. The fraction of sp³-hybridized carbons (Fsp3) is 0.208. The van der Waals surface area contributed by atoms with Crippen LogP contribution in [0.1, 0.15) is 28.2 Å². The maximum atomic E-state index is 13.4. The minimum atomic E-state index is -0.287. The molecule has 2 aromatic heterocycles. The summed E-state index contributed by atoms with van der Waals surface area (Å²) in [5.41, 5.74) is 5.60.